The van der Waals surface area contributed by atoms with E-state index in [1.165, 1.54) is 17.3 Å². The third kappa shape index (κ3) is 4.78. The van der Waals surface area contributed by atoms with E-state index < -0.39 is 11.3 Å². The molecule has 2 aromatic rings. The Labute approximate surface area is 193 Å². The van der Waals surface area contributed by atoms with E-state index >= 15 is 0 Å². The summed E-state index contributed by atoms with van der Waals surface area (Å²) >= 11 is 1.30. The zero-order valence-corrected chi connectivity index (χ0v) is 19.4. The molecule has 0 saturated heterocycles. The predicted molar refractivity (Wildman–Crippen MR) is 130 cm³/mol. The van der Waals surface area contributed by atoms with E-state index in [1.54, 1.807) is 4.90 Å². The van der Waals surface area contributed by atoms with Gasteiger partial charge in [0.2, 0.25) is 5.91 Å². The number of aliphatic imine (C=N–C) groups is 2. The molecule has 2 atom stereocenters. The van der Waals surface area contributed by atoms with Crippen molar-refractivity contribution in [2.45, 2.75) is 44.9 Å². The van der Waals surface area contributed by atoms with E-state index in [0.29, 0.717) is 29.9 Å². The summed E-state index contributed by atoms with van der Waals surface area (Å²) in [6.45, 7) is 6.58. The zero-order chi connectivity index (χ0) is 22.7. The second-order valence-electron chi connectivity index (χ2n) is 8.47. The van der Waals surface area contributed by atoms with Crippen LogP contribution in [0.3, 0.4) is 0 Å². The molecule has 0 saturated carbocycles. The average Bonchev–Trinajstić information content (AvgIpc) is 3.10. The second kappa shape index (κ2) is 9.69. The lowest BCUT2D eigenvalue weighted by molar-refractivity contribution is -0.125. The molecule has 2 aromatic carbocycles. The first kappa shape index (κ1) is 22.3. The largest absolute Gasteiger partial charge is 0.355 e. The summed E-state index contributed by atoms with van der Waals surface area (Å²) in [4.78, 5) is 37.0. The molecule has 2 amide bonds. The van der Waals surface area contributed by atoms with Gasteiger partial charge >= 0.3 is 0 Å². The maximum Gasteiger partial charge on any atom is 0.259 e. The number of rotatable bonds is 7. The molecule has 0 spiro atoms. The number of carbonyl (C=O) groups excluding carboxylic acids is 2. The molecular weight excluding hydrogens is 420 g/mol. The van der Waals surface area contributed by atoms with Crippen LogP contribution in [0.25, 0.3) is 0 Å². The van der Waals surface area contributed by atoms with E-state index in [9.17, 15) is 9.59 Å². The Morgan fingerprint density at radius 1 is 1.09 bits per heavy atom. The Hall–Kier alpha value is -2.93. The third-order valence-electron chi connectivity index (χ3n) is 5.45. The summed E-state index contributed by atoms with van der Waals surface area (Å²) < 4.78 is 0. The molecule has 0 unspecified atom stereocenters. The SMILES string of the molecule is CC(C)C[C@@H]1N=C2c3ccccc3N=C(S[C@H](C)C(=O)NCCc3ccccc3)N2C1=O. The van der Waals surface area contributed by atoms with Crippen molar-refractivity contribution in [3.05, 3.63) is 65.7 Å². The van der Waals surface area contributed by atoms with Crippen LogP contribution in [0.2, 0.25) is 0 Å². The first-order valence-corrected chi connectivity index (χ1v) is 11.9. The van der Waals surface area contributed by atoms with Crippen LogP contribution < -0.4 is 5.32 Å². The number of nitrogens with one attached hydrogen (secondary N) is 1. The molecule has 2 aliphatic heterocycles. The van der Waals surface area contributed by atoms with Gasteiger partial charge < -0.3 is 5.32 Å². The number of benzene rings is 2. The lowest BCUT2D eigenvalue weighted by Gasteiger charge is -2.27. The number of thioether (sulfide) groups is 1. The minimum atomic E-state index is -0.406. The van der Waals surface area contributed by atoms with Crippen molar-refractivity contribution in [2.24, 2.45) is 15.9 Å². The molecular formula is C25H28N4O2S. The number of nitrogens with zero attached hydrogens (tertiary/aromatic N) is 3. The molecule has 0 fully saturated rings. The summed E-state index contributed by atoms with van der Waals surface area (Å²) in [5.41, 5.74) is 2.82. The molecule has 6 nitrogen and oxygen atoms in total. The Morgan fingerprint density at radius 3 is 2.56 bits per heavy atom. The Morgan fingerprint density at radius 2 is 1.81 bits per heavy atom. The number of para-hydroxylation sites is 1. The number of amides is 2. The van der Waals surface area contributed by atoms with Crippen molar-refractivity contribution in [3.63, 3.8) is 0 Å². The average molecular weight is 449 g/mol. The Balaban J connectivity index is 1.47. The van der Waals surface area contributed by atoms with Crippen LogP contribution in [0.15, 0.2) is 64.6 Å². The molecule has 166 valence electrons. The summed E-state index contributed by atoms with van der Waals surface area (Å²) in [5, 5.41) is 3.12. The third-order valence-corrected chi connectivity index (χ3v) is 6.50. The summed E-state index contributed by atoms with van der Waals surface area (Å²) in [7, 11) is 0. The predicted octanol–water partition coefficient (Wildman–Crippen LogP) is 4.17. The van der Waals surface area contributed by atoms with Crippen molar-refractivity contribution in [1.29, 1.82) is 0 Å². The van der Waals surface area contributed by atoms with Crippen molar-refractivity contribution < 1.29 is 9.59 Å². The van der Waals surface area contributed by atoms with Gasteiger partial charge in [-0.1, -0.05) is 68.1 Å². The first-order valence-electron chi connectivity index (χ1n) is 11.0. The molecule has 2 heterocycles. The highest BCUT2D eigenvalue weighted by Gasteiger charge is 2.42. The smallest absolute Gasteiger partial charge is 0.259 e. The Kier molecular flexibility index (Phi) is 6.74. The first-order chi connectivity index (χ1) is 15.4. The molecule has 0 radical (unpaired) electrons. The fourth-order valence-electron chi connectivity index (χ4n) is 3.81. The maximum atomic E-state index is 13.2. The lowest BCUT2D eigenvalue weighted by atomic mass is 10.0. The molecule has 0 aliphatic carbocycles. The maximum absolute atomic E-state index is 13.2. The van der Waals surface area contributed by atoms with Gasteiger partial charge in [-0.2, -0.15) is 0 Å². The van der Waals surface area contributed by atoms with E-state index in [0.717, 1.165) is 17.7 Å². The van der Waals surface area contributed by atoms with Crippen LogP contribution in [0.1, 0.15) is 38.3 Å². The highest BCUT2D eigenvalue weighted by molar-refractivity contribution is 8.15. The minimum absolute atomic E-state index is 0.0638. The van der Waals surface area contributed by atoms with E-state index in [1.807, 2.05) is 61.5 Å². The summed E-state index contributed by atoms with van der Waals surface area (Å²) in [6, 6.07) is 17.4. The van der Waals surface area contributed by atoms with Crippen LogP contribution in [0, 0.1) is 5.92 Å². The van der Waals surface area contributed by atoms with Gasteiger partial charge in [0.25, 0.3) is 5.91 Å². The van der Waals surface area contributed by atoms with Crippen LogP contribution in [-0.2, 0) is 16.0 Å². The van der Waals surface area contributed by atoms with Crippen molar-refractivity contribution in [1.82, 2.24) is 10.2 Å². The van der Waals surface area contributed by atoms with Gasteiger partial charge in [-0.3, -0.25) is 14.6 Å². The highest BCUT2D eigenvalue weighted by atomic mass is 32.2. The summed E-state index contributed by atoms with van der Waals surface area (Å²) in [5.74, 6) is 0.861. The van der Waals surface area contributed by atoms with Gasteiger partial charge in [0, 0.05) is 12.1 Å². The number of fused-ring (bicyclic) bond motifs is 3. The van der Waals surface area contributed by atoms with Gasteiger partial charge in [-0.15, -0.1) is 0 Å². The van der Waals surface area contributed by atoms with Crippen LogP contribution in [0.5, 0.6) is 0 Å². The minimum Gasteiger partial charge on any atom is -0.355 e. The van der Waals surface area contributed by atoms with Crippen molar-refractivity contribution in [3.8, 4) is 0 Å². The lowest BCUT2D eigenvalue weighted by Crippen LogP contribution is -2.43. The molecule has 0 bridgehead atoms. The molecule has 4 rings (SSSR count). The molecule has 1 N–H and O–H groups in total. The monoisotopic (exact) mass is 448 g/mol. The number of hydrogen-bond acceptors (Lipinski definition) is 5. The standard InChI is InChI=1S/C25H28N4O2S/c1-16(2)15-21-24(31)29-22(27-21)19-11-7-8-12-20(19)28-25(29)32-17(3)23(30)26-14-13-18-9-5-4-6-10-18/h4-12,16-17,21H,13-15H2,1-3H3,(H,26,30)/t17-,21+/m1/s1. The normalized spacial score (nSPS) is 18.1. The van der Waals surface area contributed by atoms with Gasteiger partial charge in [0.05, 0.1) is 10.9 Å². The Bertz CT molecular complexity index is 1060. The molecule has 7 heteroatoms. The zero-order valence-electron chi connectivity index (χ0n) is 18.6. The number of hydrogen-bond donors (Lipinski definition) is 1. The molecule has 0 aromatic heterocycles. The highest BCUT2D eigenvalue weighted by Crippen LogP contribution is 2.35. The van der Waals surface area contributed by atoms with Gasteiger partial charge in [-0.25, -0.2) is 9.89 Å². The van der Waals surface area contributed by atoms with E-state index in [4.69, 9.17) is 9.98 Å². The van der Waals surface area contributed by atoms with Crippen molar-refractivity contribution in [2.75, 3.05) is 6.54 Å². The van der Waals surface area contributed by atoms with Gasteiger partial charge in [0.15, 0.2) is 5.17 Å². The quantitative estimate of drug-likeness (QED) is 0.691. The fraction of sp³-hybridized carbons (Fsp3) is 0.360. The fourth-order valence-corrected chi connectivity index (χ4v) is 4.75. The topological polar surface area (TPSA) is 74.1 Å². The van der Waals surface area contributed by atoms with Crippen LogP contribution in [-0.4, -0.2) is 45.6 Å². The van der Waals surface area contributed by atoms with Gasteiger partial charge in [0.1, 0.15) is 11.9 Å². The van der Waals surface area contributed by atoms with E-state index in [2.05, 4.69) is 19.2 Å². The van der Waals surface area contributed by atoms with Crippen LogP contribution >= 0.6 is 11.8 Å². The number of carbonyl (C=O) groups is 2. The molecule has 32 heavy (non-hydrogen) atoms. The van der Waals surface area contributed by atoms with Gasteiger partial charge in [-0.05, 0) is 43.4 Å². The molecule has 2 aliphatic rings. The van der Waals surface area contributed by atoms with Crippen molar-refractivity contribution >= 4 is 40.3 Å². The number of amidine groups is 2. The van der Waals surface area contributed by atoms with E-state index in [-0.39, 0.29) is 11.8 Å². The van der Waals surface area contributed by atoms with Crippen LogP contribution in [0.4, 0.5) is 5.69 Å². The second-order valence-corrected chi connectivity index (χ2v) is 9.78. The summed E-state index contributed by atoms with van der Waals surface area (Å²) in [6.07, 6.45) is 1.46.